The molecule has 1 atom stereocenters. The van der Waals surface area contributed by atoms with Crippen molar-refractivity contribution in [3.05, 3.63) is 92.8 Å². The van der Waals surface area contributed by atoms with Gasteiger partial charge in [-0.15, -0.1) is 0 Å². The Hall–Kier alpha value is -3.62. The molecule has 0 fully saturated rings. The van der Waals surface area contributed by atoms with Gasteiger partial charge in [-0.1, -0.05) is 41.9 Å². The molecule has 0 bridgehead atoms. The number of carbonyl (C=O) groups excluding carboxylic acids is 1. The molecule has 1 unspecified atom stereocenters. The molecule has 0 aromatic carbocycles. The predicted molar refractivity (Wildman–Crippen MR) is 137 cm³/mol. The summed E-state index contributed by atoms with van der Waals surface area (Å²) < 4.78 is 8.32. The molecule has 180 valence electrons. The summed E-state index contributed by atoms with van der Waals surface area (Å²) in [5, 5.41) is 0.553. The van der Waals surface area contributed by atoms with E-state index in [1.54, 1.807) is 54.8 Å². The summed E-state index contributed by atoms with van der Waals surface area (Å²) in [7, 11) is 4.95. The summed E-state index contributed by atoms with van der Waals surface area (Å²) in [5.74, 6) is -0.248. The van der Waals surface area contributed by atoms with E-state index in [1.807, 2.05) is 18.5 Å². The van der Waals surface area contributed by atoms with E-state index in [-0.39, 0.29) is 22.5 Å². The van der Waals surface area contributed by atoms with Crippen molar-refractivity contribution >= 4 is 34.8 Å². The molecule has 4 rings (SSSR count). The van der Waals surface area contributed by atoms with Crippen molar-refractivity contribution in [2.24, 2.45) is 14.1 Å². The minimum Gasteiger partial charge on any atom is -0.467 e. The van der Waals surface area contributed by atoms with Crippen LogP contribution in [-0.2, 0) is 14.1 Å². The highest BCUT2D eigenvalue weighted by Crippen LogP contribution is 2.44. The van der Waals surface area contributed by atoms with Gasteiger partial charge in [0.15, 0.2) is 0 Å². The van der Waals surface area contributed by atoms with Crippen LogP contribution in [0.1, 0.15) is 29.0 Å². The highest BCUT2D eigenvalue weighted by atomic mass is 35.5. The van der Waals surface area contributed by atoms with E-state index in [4.69, 9.17) is 27.9 Å². The molecular formula is C25H23Cl2N5O3. The van der Waals surface area contributed by atoms with Crippen LogP contribution in [0.4, 0.5) is 5.69 Å². The molecule has 0 N–H and O–H groups in total. The standard InChI is InChI=1S/C25H23Cl2N5O3/c1-6-16(26)8-7-14(2)21-22-18(10-20(31(22)4)15-11-28-25(35-5)29-12-15)23(33)32(21)17-9-19(27)24(34)30(3)13-17/h6-13,21H,2H2,1,3-5H3/b8-7-,16-6+. The molecule has 3 aromatic heterocycles. The summed E-state index contributed by atoms with van der Waals surface area (Å²) >= 11 is 12.3. The molecular weight excluding hydrogens is 489 g/mol. The number of aromatic nitrogens is 4. The third-order valence-electron chi connectivity index (χ3n) is 5.84. The first kappa shape index (κ1) is 24.5. The van der Waals surface area contributed by atoms with Crippen LogP contribution in [0.3, 0.4) is 0 Å². The quantitative estimate of drug-likeness (QED) is 0.444. The van der Waals surface area contributed by atoms with Gasteiger partial charge in [-0.2, -0.15) is 0 Å². The lowest BCUT2D eigenvalue weighted by molar-refractivity contribution is 0.0993. The smallest absolute Gasteiger partial charge is 0.316 e. The summed E-state index contributed by atoms with van der Waals surface area (Å²) in [5.41, 5.74) is 3.47. The Labute approximate surface area is 212 Å². The zero-order valence-electron chi connectivity index (χ0n) is 19.6. The van der Waals surface area contributed by atoms with Crippen molar-refractivity contribution in [1.29, 1.82) is 0 Å². The second-order valence-corrected chi connectivity index (χ2v) is 8.81. The van der Waals surface area contributed by atoms with Crippen LogP contribution in [0.2, 0.25) is 5.02 Å². The number of aryl methyl sites for hydroxylation is 1. The number of hydrogen-bond acceptors (Lipinski definition) is 5. The number of rotatable bonds is 6. The number of methoxy groups -OCH3 is 1. The molecule has 0 saturated heterocycles. The first-order chi connectivity index (χ1) is 16.7. The van der Waals surface area contributed by atoms with Gasteiger partial charge < -0.3 is 13.9 Å². The summed E-state index contributed by atoms with van der Waals surface area (Å²) in [4.78, 5) is 35.8. The molecule has 0 radical (unpaired) electrons. The van der Waals surface area contributed by atoms with Gasteiger partial charge in [0.05, 0.1) is 29.7 Å². The Morgan fingerprint density at radius 1 is 1.17 bits per heavy atom. The third-order valence-corrected chi connectivity index (χ3v) is 6.45. The average Bonchev–Trinajstić information content (AvgIpc) is 3.34. The molecule has 0 spiro atoms. The SMILES string of the molecule is C=C(/C=C\C(Cl)=C/C)C1c2c(cc(-c3cnc(OC)nc3)n2C)C(=O)N1c1cc(Cl)c(=O)n(C)c1. The van der Waals surface area contributed by atoms with Gasteiger partial charge in [0.25, 0.3) is 11.5 Å². The van der Waals surface area contributed by atoms with Crippen LogP contribution in [0, 0.1) is 0 Å². The molecule has 1 amide bonds. The number of allylic oxidation sites excluding steroid dienone is 3. The predicted octanol–water partition coefficient (Wildman–Crippen LogP) is 4.80. The zero-order chi connectivity index (χ0) is 25.4. The second kappa shape index (κ2) is 9.56. The van der Waals surface area contributed by atoms with Crippen LogP contribution >= 0.6 is 23.2 Å². The van der Waals surface area contributed by atoms with Crippen molar-refractivity contribution in [2.45, 2.75) is 13.0 Å². The van der Waals surface area contributed by atoms with Crippen molar-refractivity contribution in [2.75, 3.05) is 12.0 Å². The fourth-order valence-corrected chi connectivity index (χ4v) is 4.40. The van der Waals surface area contributed by atoms with E-state index >= 15 is 0 Å². The van der Waals surface area contributed by atoms with E-state index < -0.39 is 6.04 Å². The van der Waals surface area contributed by atoms with E-state index in [9.17, 15) is 9.59 Å². The lowest BCUT2D eigenvalue weighted by Crippen LogP contribution is -2.31. The van der Waals surface area contributed by atoms with Crippen LogP contribution in [-0.4, -0.2) is 32.1 Å². The molecule has 4 heterocycles. The maximum absolute atomic E-state index is 13.7. The normalized spacial score (nSPS) is 15.7. The first-order valence-corrected chi connectivity index (χ1v) is 11.4. The lowest BCUT2D eigenvalue weighted by atomic mass is 10.0. The van der Waals surface area contributed by atoms with Crippen LogP contribution < -0.4 is 15.2 Å². The summed E-state index contributed by atoms with van der Waals surface area (Å²) in [6, 6.07) is 2.98. The van der Waals surface area contributed by atoms with Crippen LogP contribution in [0.25, 0.3) is 11.3 Å². The minimum absolute atomic E-state index is 0.0155. The molecule has 0 saturated carbocycles. The Balaban J connectivity index is 1.88. The molecule has 35 heavy (non-hydrogen) atoms. The number of carbonyl (C=O) groups is 1. The van der Waals surface area contributed by atoms with Gasteiger partial charge in [0, 0.05) is 43.3 Å². The largest absolute Gasteiger partial charge is 0.467 e. The Morgan fingerprint density at radius 2 is 1.86 bits per heavy atom. The topological polar surface area (TPSA) is 82.2 Å². The van der Waals surface area contributed by atoms with E-state index in [0.717, 1.165) is 17.0 Å². The van der Waals surface area contributed by atoms with Crippen molar-refractivity contribution in [3.8, 4) is 17.3 Å². The highest BCUT2D eigenvalue weighted by Gasteiger charge is 2.42. The molecule has 8 nitrogen and oxygen atoms in total. The lowest BCUT2D eigenvalue weighted by Gasteiger charge is -2.28. The van der Waals surface area contributed by atoms with E-state index in [0.29, 0.717) is 21.9 Å². The summed E-state index contributed by atoms with van der Waals surface area (Å²) in [6.45, 7) is 6.06. The van der Waals surface area contributed by atoms with Crippen LogP contribution in [0.5, 0.6) is 6.01 Å². The number of nitrogens with zero attached hydrogens (tertiary/aromatic N) is 5. The maximum atomic E-state index is 13.7. The van der Waals surface area contributed by atoms with Crippen molar-refractivity contribution in [1.82, 2.24) is 19.1 Å². The van der Waals surface area contributed by atoms with Gasteiger partial charge in [0.2, 0.25) is 0 Å². The molecule has 10 heteroatoms. The molecule has 3 aromatic rings. The fourth-order valence-electron chi connectivity index (χ4n) is 4.09. The number of hydrogen-bond donors (Lipinski definition) is 0. The van der Waals surface area contributed by atoms with Crippen molar-refractivity contribution in [3.63, 3.8) is 0 Å². The van der Waals surface area contributed by atoms with Crippen LogP contribution in [0.15, 0.2) is 70.9 Å². The van der Waals surface area contributed by atoms with Gasteiger partial charge in [-0.25, -0.2) is 9.97 Å². The maximum Gasteiger partial charge on any atom is 0.316 e. The van der Waals surface area contributed by atoms with E-state index in [1.165, 1.54) is 17.7 Å². The van der Waals surface area contributed by atoms with Gasteiger partial charge >= 0.3 is 6.01 Å². The number of fused-ring (bicyclic) bond motifs is 1. The Bertz CT molecular complexity index is 1420. The first-order valence-electron chi connectivity index (χ1n) is 10.6. The Morgan fingerprint density at radius 3 is 2.46 bits per heavy atom. The van der Waals surface area contributed by atoms with E-state index in [2.05, 4.69) is 16.5 Å². The summed E-state index contributed by atoms with van der Waals surface area (Å²) in [6.07, 6.45) is 10.1. The third kappa shape index (κ3) is 4.31. The van der Waals surface area contributed by atoms with Gasteiger partial charge in [-0.05, 0) is 30.7 Å². The second-order valence-electron chi connectivity index (χ2n) is 7.97. The average molecular weight is 512 g/mol. The Kier molecular flexibility index (Phi) is 6.69. The van der Waals surface area contributed by atoms with Crippen molar-refractivity contribution < 1.29 is 9.53 Å². The number of halogens is 2. The van der Waals surface area contributed by atoms with Gasteiger partial charge in [-0.3, -0.25) is 14.5 Å². The number of pyridine rings is 1. The number of anilines is 1. The number of ether oxygens (including phenoxy) is 1. The van der Waals surface area contributed by atoms with Gasteiger partial charge in [0.1, 0.15) is 11.1 Å². The molecule has 0 aliphatic carbocycles. The monoisotopic (exact) mass is 511 g/mol. The fraction of sp³-hybridized carbons (Fsp3) is 0.200. The number of amides is 1. The molecule has 1 aliphatic heterocycles. The highest BCUT2D eigenvalue weighted by molar-refractivity contribution is 6.31. The zero-order valence-corrected chi connectivity index (χ0v) is 21.1. The minimum atomic E-state index is -0.568. The molecule has 1 aliphatic rings.